The molecule has 0 unspecified atom stereocenters. The summed E-state index contributed by atoms with van der Waals surface area (Å²) in [6.45, 7) is 2.37. The summed E-state index contributed by atoms with van der Waals surface area (Å²) in [5.74, 6) is 0.772. The number of halogens is 1. The van der Waals surface area contributed by atoms with Crippen LogP contribution in [0, 0.1) is 0 Å². The molecule has 0 fully saturated rings. The molecule has 0 aliphatic carbocycles. The molecular weight excluding hydrogens is 243 g/mol. The molecule has 0 saturated carbocycles. The van der Waals surface area contributed by atoms with Crippen LogP contribution >= 0.6 is 0 Å². The van der Waals surface area contributed by atoms with Gasteiger partial charge in [0.15, 0.2) is 11.5 Å². The highest BCUT2D eigenvalue weighted by atomic mass is 19.1. The maximum absolute atomic E-state index is 12.5. The average Bonchev–Trinajstić information content (AvgIpc) is 2.84. The van der Waals surface area contributed by atoms with Gasteiger partial charge in [-0.15, -0.1) is 0 Å². The molecule has 0 aliphatic rings. The fraction of sp³-hybridized carbons (Fsp3) is 0.400. The third kappa shape index (κ3) is 3.41. The molecule has 19 heavy (non-hydrogen) atoms. The zero-order chi connectivity index (χ0) is 13.7. The molecule has 0 radical (unpaired) electrons. The minimum atomic E-state index is 0.229. The van der Waals surface area contributed by atoms with Crippen LogP contribution in [-0.4, -0.2) is 11.5 Å². The number of aryl methyl sites for hydroxylation is 1. The molecule has 2 aromatic rings. The summed E-state index contributed by atoms with van der Waals surface area (Å²) in [6, 6.07) is 5.76. The van der Waals surface area contributed by atoms with Crippen LogP contribution in [0.4, 0.5) is 4.39 Å². The van der Waals surface area contributed by atoms with E-state index in [0.29, 0.717) is 18.3 Å². The highest BCUT2D eigenvalue weighted by Crippen LogP contribution is 2.20. The van der Waals surface area contributed by atoms with Gasteiger partial charge in [0, 0.05) is 13.0 Å². The number of oxazole rings is 1. The van der Waals surface area contributed by atoms with Gasteiger partial charge in [0.1, 0.15) is 5.52 Å². The molecule has 0 amide bonds. The summed E-state index contributed by atoms with van der Waals surface area (Å²) in [7, 11) is 0. The number of aromatic nitrogens is 1. The largest absolute Gasteiger partial charge is 0.441 e. The van der Waals surface area contributed by atoms with Crippen molar-refractivity contribution in [1.29, 1.82) is 0 Å². The molecular formula is C15H19FN2O. The van der Waals surface area contributed by atoms with E-state index in [-0.39, 0.29) is 6.54 Å². The van der Waals surface area contributed by atoms with E-state index in [4.69, 9.17) is 10.2 Å². The van der Waals surface area contributed by atoms with Crippen LogP contribution < -0.4 is 5.73 Å². The van der Waals surface area contributed by atoms with Crippen LogP contribution in [-0.2, 0) is 12.8 Å². The fourth-order valence-corrected chi connectivity index (χ4v) is 1.98. The monoisotopic (exact) mass is 262 g/mol. The number of hydrogen-bond donors (Lipinski definition) is 1. The topological polar surface area (TPSA) is 52.0 Å². The van der Waals surface area contributed by atoms with Crippen molar-refractivity contribution >= 4 is 11.1 Å². The number of nitrogens with zero attached hydrogens (tertiary/aromatic N) is 1. The van der Waals surface area contributed by atoms with Crippen molar-refractivity contribution in [3.05, 3.63) is 41.6 Å². The van der Waals surface area contributed by atoms with E-state index in [2.05, 4.69) is 11.9 Å². The Hall–Kier alpha value is -1.68. The van der Waals surface area contributed by atoms with E-state index in [0.717, 1.165) is 41.8 Å². The van der Waals surface area contributed by atoms with Crippen molar-refractivity contribution in [2.45, 2.75) is 32.6 Å². The van der Waals surface area contributed by atoms with E-state index in [1.807, 2.05) is 18.2 Å². The third-order valence-corrected chi connectivity index (χ3v) is 3.09. The standard InChI is InChI=1S/C15H19FN2O/c1-2-3-4-15-18-13-6-5-11(8-14(13)19-15)7-12(9-16)10-17/h5-6,8-9H,2-4,7,10,17H2,1H3/b12-9-. The molecule has 0 saturated heterocycles. The fourth-order valence-electron chi connectivity index (χ4n) is 1.98. The number of hydrogen-bond acceptors (Lipinski definition) is 3. The van der Waals surface area contributed by atoms with Crippen LogP contribution in [0.2, 0.25) is 0 Å². The first-order chi connectivity index (χ1) is 9.26. The minimum Gasteiger partial charge on any atom is -0.441 e. The van der Waals surface area contributed by atoms with Gasteiger partial charge < -0.3 is 10.2 Å². The second kappa shape index (κ2) is 6.48. The highest BCUT2D eigenvalue weighted by molar-refractivity contribution is 5.73. The lowest BCUT2D eigenvalue weighted by Gasteiger charge is -2.02. The van der Waals surface area contributed by atoms with E-state index in [1.165, 1.54) is 0 Å². The summed E-state index contributed by atoms with van der Waals surface area (Å²) in [5, 5.41) is 0. The van der Waals surface area contributed by atoms with Crippen molar-refractivity contribution in [2.24, 2.45) is 5.73 Å². The molecule has 3 nitrogen and oxygen atoms in total. The van der Waals surface area contributed by atoms with Gasteiger partial charge in [0.05, 0.1) is 6.33 Å². The summed E-state index contributed by atoms with van der Waals surface area (Å²) >= 11 is 0. The van der Waals surface area contributed by atoms with Crippen molar-refractivity contribution in [3.63, 3.8) is 0 Å². The van der Waals surface area contributed by atoms with E-state index < -0.39 is 0 Å². The zero-order valence-electron chi connectivity index (χ0n) is 11.2. The first kappa shape index (κ1) is 13.7. The minimum absolute atomic E-state index is 0.229. The van der Waals surface area contributed by atoms with Gasteiger partial charge in [-0.1, -0.05) is 19.4 Å². The Kier molecular flexibility index (Phi) is 4.68. The Labute approximate surface area is 112 Å². The summed E-state index contributed by atoms with van der Waals surface area (Å²) in [6.07, 6.45) is 4.14. The van der Waals surface area contributed by atoms with Gasteiger partial charge >= 0.3 is 0 Å². The molecule has 0 spiro atoms. The Morgan fingerprint density at radius 1 is 1.47 bits per heavy atom. The Morgan fingerprint density at radius 3 is 3.00 bits per heavy atom. The molecule has 1 heterocycles. The molecule has 4 heteroatoms. The van der Waals surface area contributed by atoms with Crippen molar-refractivity contribution in [3.8, 4) is 0 Å². The molecule has 1 aromatic heterocycles. The molecule has 0 atom stereocenters. The van der Waals surface area contributed by atoms with Crippen LogP contribution in [0.3, 0.4) is 0 Å². The van der Waals surface area contributed by atoms with Gasteiger partial charge in [-0.3, -0.25) is 0 Å². The molecule has 102 valence electrons. The molecule has 1 aromatic carbocycles. The van der Waals surface area contributed by atoms with Gasteiger partial charge in [0.2, 0.25) is 0 Å². The first-order valence-corrected chi connectivity index (χ1v) is 6.63. The highest BCUT2D eigenvalue weighted by Gasteiger charge is 2.07. The van der Waals surface area contributed by atoms with E-state index >= 15 is 0 Å². The van der Waals surface area contributed by atoms with Crippen LogP contribution in [0.1, 0.15) is 31.2 Å². The Bertz CT molecular complexity index is 575. The van der Waals surface area contributed by atoms with Crippen molar-refractivity contribution in [1.82, 2.24) is 4.98 Å². The maximum Gasteiger partial charge on any atom is 0.195 e. The van der Waals surface area contributed by atoms with Crippen LogP contribution in [0.5, 0.6) is 0 Å². The maximum atomic E-state index is 12.5. The number of fused-ring (bicyclic) bond motifs is 1. The van der Waals surface area contributed by atoms with Gasteiger partial charge in [-0.05, 0) is 36.1 Å². The molecule has 2 rings (SSSR count). The summed E-state index contributed by atoms with van der Waals surface area (Å²) in [4.78, 5) is 4.43. The predicted octanol–water partition coefficient (Wildman–Crippen LogP) is 3.53. The average molecular weight is 262 g/mol. The number of rotatable bonds is 6. The first-order valence-electron chi connectivity index (χ1n) is 6.63. The van der Waals surface area contributed by atoms with E-state index in [9.17, 15) is 4.39 Å². The quantitative estimate of drug-likeness (QED) is 0.866. The number of benzene rings is 1. The normalized spacial score (nSPS) is 12.3. The van der Waals surface area contributed by atoms with E-state index in [1.54, 1.807) is 0 Å². The van der Waals surface area contributed by atoms with Crippen LogP contribution in [0.25, 0.3) is 11.1 Å². The smallest absolute Gasteiger partial charge is 0.195 e. The van der Waals surface area contributed by atoms with Crippen LogP contribution in [0.15, 0.2) is 34.5 Å². The van der Waals surface area contributed by atoms with Gasteiger partial charge in [-0.2, -0.15) is 0 Å². The lowest BCUT2D eigenvalue weighted by molar-refractivity contribution is 0.517. The number of nitrogens with two attached hydrogens (primary N) is 1. The van der Waals surface area contributed by atoms with Crippen molar-refractivity contribution in [2.75, 3.05) is 6.54 Å². The number of unbranched alkanes of at least 4 members (excludes halogenated alkanes) is 1. The second-order valence-corrected chi connectivity index (χ2v) is 4.66. The second-order valence-electron chi connectivity index (χ2n) is 4.66. The Morgan fingerprint density at radius 2 is 2.32 bits per heavy atom. The molecule has 2 N–H and O–H groups in total. The molecule has 0 aliphatic heterocycles. The predicted molar refractivity (Wildman–Crippen MR) is 74.6 cm³/mol. The van der Waals surface area contributed by atoms with Gasteiger partial charge in [-0.25, -0.2) is 9.37 Å². The third-order valence-electron chi connectivity index (χ3n) is 3.09. The lowest BCUT2D eigenvalue weighted by atomic mass is 10.1. The SMILES string of the molecule is CCCCc1nc2ccc(C/C(=C/F)CN)cc2o1. The summed E-state index contributed by atoms with van der Waals surface area (Å²) < 4.78 is 18.2. The lowest BCUT2D eigenvalue weighted by Crippen LogP contribution is -2.05. The zero-order valence-corrected chi connectivity index (χ0v) is 11.2. The van der Waals surface area contributed by atoms with Gasteiger partial charge in [0.25, 0.3) is 0 Å². The summed E-state index contributed by atoms with van der Waals surface area (Å²) in [5.41, 5.74) is 8.64. The Balaban J connectivity index is 2.20. The van der Waals surface area contributed by atoms with Crippen molar-refractivity contribution < 1.29 is 8.81 Å². The molecule has 0 bridgehead atoms.